The van der Waals surface area contributed by atoms with Crippen molar-refractivity contribution in [2.45, 2.75) is 36.7 Å². The summed E-state index contributed by atoms with van der Waals surface area (Å²) in [5, 5.41) is 12.1. The van der Waals surface area contributed by atoms with E-state index in [1.807, 2.05) is 12.1 Å². The SMILES string of the molecule is O=C(Nc1cccc([C@@H]2O[C@H](CSc3ncccn3)C[C@H](c3ccc(CO)cc3)O2)c1)c1c(F)c(F)c(F)c(F)c1F. The summed E-state index contributed by atoms with van der Waals surface area (Å²) in [5.41, 5.74) is 0.392. The van der Waals surface area contributed by atoms with E-state index >= 15 is 0 Å². The van der Waals surface area contributed by atoms with Crippen molar-refractivity contribution in [2.75, 3.05) is 11.1 Å². The van der Waals surface area contributed by atoms with Gasteiger partial charge in [0.25, 0.3) is 5.91 Å². The number of nitrogens with zero attached hydrogens (tertiary/aromatic N) is 2. The lowest BCUT2D eigenvalue weighted by molar-refractivity contribution is -0.245. The van der Waals surface area contributed by atoms with Gasteiger partial charge in [0.15, 0.2) is 34.7 Å². The monoisotopic (exact) mass is 603 g/mol. The second kappa shape index (κ2) is 12.9. The smallest absolute Gasteiger partial charge is 0.261 e. The Labute approximate surface area is 240 Å². The van der Waals surface area contributed by atoms with Crippen LogP contribution in [0.2, 0.25) is 0 Å². The number of nitrogens with one attached hydrogen (secondary N) is 1. The predicted octanol–water partition coefficient (Wildman–Crippen LogP) is 6.25. The van der Waals surface area contributed by atoms with Gasteiger partial charge in [0.2, 0.25) is 5.82 Å². The number of amides is 1. The van der Waals surface area contributed by atoms with Crippen LogP contribution in [0.15, 0.2) is 72.1 Å². The molecular formula is C29H22F5N3O4S. The number of benzene rings is 3. The molecule has 2 heterocycles. The molecule has 7 nitrogen and oxygen atoms in total. The molecule has 0 radical (unpaired) electrons. The number of carbonyl (C=O) groups excluding carboxylic acids is 1. The molecule has 0 bridgehead atoms. The Hall–Kier alpha value is -3.91. The summed E-state index contributed by atoms with van der Waals surface area (Å²) >= 11 is 1.39. The highest BCUT2D eigenvalue weighted by Crippen LogP contribution is 2.39. The Kier molecular flexibility index (Phi) is 9.12. The Balaban J connectivity index is 1.38. The lowest BCUT2D eigenvalue weighted by atomic mass is 10.0. The van der Waals surface area contributed by atoms with Crippen LogP contribution in [0.25, 0.3) is 0 Å². The van der Waals surface area contributed by atoms with Crippen LogP contribution in [0.4, 0.5) is 27.6 Å². The van der Waals surface area contributed by atoms with Crippen molar-refractivity contribution in [3.8, 4) is 0 Å². The number of hydrogen-bond donors (Lipinski definition) is 2. The number of anilines is 1. The van der Waals surface area contributed by atoms with Crippen LogP contribution in [-0.4, -0.2) is 32.8 Å². The van der Waals surface area contributed by atoms with Crippen LogP contribution in [0, 0.1) is 29.1 Å². The summed E-state index contributed by atoms with van der Waals surface area (Å²) in [5.74, 6) is -12.3. The molecule has 3 atom stereocenters. The van der Waals surface area contributed by atoms with Gasteiger partial charge >= 0.3 is 0 Å². The first-order valence-electron chi connectivity index (χ1n) is 12.6. The fourth-order valence-electron chi connectivity index (χ4n) is 4.31. The van der Waals surface area contributed by atoms with Crippen LogP contribution in [0.1, 0.15) is 45.9 Å². The summed E-state index contributed by atoms with van der Waals surface area (Å²) in [7, 11) is 0. The molecule has 0 aliphatic carbocycles. The van der Waals surface area contributed by atoms with Gasteiger partial charge in [0.1, 0.15) is 5.56 Å². The van der Waals surface area contributed by atoms with Gasteiger partial charge in [-0.25, -0.2) is 31.9 Å². The van der Waals surface area contributed by atoms with Crippen molar-refractivity contribution in [1.82, 2.24) is 9.97 Å². The lowest BCUT2D eigenvalue weighted by Gasteiger charge is -2.36. The fourth-order valence-corrected chi connectivity index (χ4v) is 5.13. The van der Waals surface area contributed by atoms with Crippen molar-refractivity contribution in [3.63, 3.8) is 0 Å². The molecule has 0 spiro atoms. The molecule has 1 aliphatic heterocycles. The van der Waals surface area contributed by atoms with Crippen molar-refractivity contribution >= 4 is 23.4 Å². The number of hydrogen-bond acceptors (Lipinski definition) is 7. The molecule has 42 heavy (non-hydrogen) atoms. The average molecular weight is 604 g/mol. The lowest BCUT2D eigenvalue weighted by Crippen LogP contribution is -2.31. The second-order valence-electron chi connectivity index (χ2n) is 9.22. The summed E-state index contributed by atoms with van der Waals surface area (Å²) in [4.78, 5) is 21.0. The largest absolute Gasteiger partial charge is 0.392 e. The van der Waals surface area contributed by atoms with E-state index < -0.39 is 53.0 Å². The Morgan fingerprint density at radius 2 is 1.55 bits per heavy atom. The topological polar surface area (TPSA) is 93.6 Å². The minimum atomic E-state index is -2.36. The van der Waals surface area contributed by atoms with Crippen LogP contribution in [-0.2, 0) is 16.1 Å². The van der Waals surface area contributed by atoms with Crippen LogP contribution >= 0.6 is 11.8 Å². The maximum Gasteiger partial charge on any atom is 0.261 e. The molecule has 218 valence electrons. The summed E-state index contributed by atoms with van der Waals surface area (Å²) in [6.07, 6.45) is 2.01. The number of ether oxygens (including phenoxy) is 2. The van der Waals surface area contributed by atoms with Crippen LogP contribution < -0.4 is 5.32 Å². The molecule has 1 saturated heterocycles. The number of aliphatic hydroxyl groups excluding tert-OH is 1. The van der Waals surface area contributed by atoms with E-state index in [1.165, 1.54) is 30.0 Å². The van der Waals surface area contributed by atoms with Gasteiger partial charge in [-0.1, -0.05) is 48.2 Å². The first kappa shape index (κ1) is 29.6. The number of aliphatic hydroxyl groups is 1. The van der Waals surface area contributed by atoms with Gasteiger partial charge in [-0.05, 0) is 29.3 Å². The molecule has 5 rings (SSSR count). The third-order valence-corrected chi connectivity index (χ3v) is 7.42. The van der Waals surface area contributed by atoms with E-state index in [-0.39, 0.29) is 18.4 Å². The standard InChI is InChI=1S/C29H22F5N3O4S/c30-22-21(23(31)25(33)26(34)24(22)32)27(39)37-18-4-1-3-17(11-18)28-40-19(14-42-29-35-9-2-10-36-29)12-20(41-28)16-7-5-15(13-38)6-8-16/h1-11,19-20,28,38H,12-14H2,(H,37,39)/t19-,20+,28+/m0/s1. The number of rotatable bonds is 8. The van der Waals surface area contributed by atoms with Gasteiger partial charge in [0, 0.05) is 35.8 Å². The molecular weight excluding hydrogens is 581 g/mol. The maximum absolute atomic E-state index is 14.2. The molecule has 3 aromatic carbocycles. The molecule has 1 aliphatic rings. The highest BCUT2D eigenvalue weighted by molar-refractivity contribution is 7.99. The number of aromatic nitrogens is 2. The highest BCUT2D eigenvalue weighted by Gasteiger charge is 2.33. The van der Waals surface area contributed by atoms with Gasteiger partial charge in [-0.3, -0.25) is 4.79 Å². The van der Waals surface area contributed by atoms with E-state index in [0.29, 0.717) is 22.9 Å². The summed E-state index contributed by atoms with van der Waals surface area (Å²) in [6, 6.07) is 14.9. The fraction of sp³-hybridized carbons (Fsp3) is 0.207. The Morgan fingerprint density at radius 3 is 2.21 bits per heavy atom. The van der Waals surface area contributed by atoms with Crippen molar-refractivity contribution in [1.29, 1.82) is 0 Å². The van der Waals surface area contributed by atoms with Gasteiger partial charge < -0.3 is 19.9 Å². The Morgan fingerprint density at radius 1 is 0.881 bits per heavy atom. The van der Waals surface area contributed by atoms with Crippen molar-refractivity contribution in [3.05, 3.63) is 118 Å². The third-order valence-electron chi connectivity index (χ3n) is 6.41. The number of thioether (sulfide) groups is 1. The first-order valence-corrected chi connectivity index (χ1v) is 13.6. The van der Waals surface area contributed by atoms with Crippen molar-refractivity contribution in [2.24, 2.45) is 0 Å². The van der Waals surface area contributed by atoms with E-state index in [0.717, 1.165) is 11.1 Å². The zero-order valence-corrected chi connectivity index (χ0v) is 22.4. The predicted molar refractivity (Wildman–Crippen MR) is 142 cm³/mol. The Bertz CT molecular complexity index is 1550. The van der Waals surface area contributed by atoms with Crippen LogP contribution in [0.3, 0.4) is 0 Å². The zero-order valence-electron chi connectivity index (χ0n) is 21.6. The second-order valence-corrected chi connectivity index (χ2v) is 10.2. The van der Waals surface area contributed by atoms with Gasteiger partial charge in [0.05, 0.1) is 18.8 Å². The van der Waals surface area contributed by atoms with Gasteiger partial charge in [-0.15, -0.1) is 0 Å². The molecule has 1 amide bonds. The quantitative estimate of drug-likeness (QED) is 0.0808. The zero-order chi connectivity index (χ0) is 29.8. The number of halogens is 5. The third kappa shape index (κ3) is 6.44. The molecule has 0 saturated carbocycles. The molecule has 4 aromatic rings. The molecule has 0 unspecified atom stereocenters. The maximum atomic E-state index is 14.2. The van der Waals surface area contributed by atoms with Gasteiger partial charge in [-0.2, -0.15) is 0 Å². The summed E-state index contributed by atoms with van der Waals surface area (Å²) in [6.45, 7) is -0.114. The van der Waals surface area contributed by atoms with E-state index in [2.05, 4.69) is 15.3 Å². The normalized spacial score (nSPS) is 18.6. The summed E-state index contributed by atoms with van der Waals surface area (Å²) < 4.78 is 81.5. The van der Waals surface area contributed by atoms with E-state index in [1.54, 1.807) is 36.7 Å². The molecule has 13 heteroatoms. The molecule has 1 aromatic heterocycles. The van der Waals surface area contributed by atoms with E-state index in [4.69, 9.17) is 9.47 Å². The van der Waals surface area contributed by atoms with Crippen LogP contribution in [0.5, 0.6) is 0 Å². The first-order chi connectivity index (χ1) is 20.2. The van der Waals surface area contributed by atoms with Crippen molar-refractivity contribution < 1.29 is 41.3 Å². The average Bonchev–Trinajstić information content (AvgIpc) is 3.02. The minimum Gasteiger partial charge on any atom is -0.392 e. The van der Waals surface area contributed by atoms with E-state index in [9.17, 15) is 31.9 Å². The molecule has 2 N–H and O–H groups in total. The minimum absolute atomic E-state index is 0.00618. The highest BCUT2D eigenvalue weighted by atomic mass is 32.2. The number of carbonyl (C=O) groups is 1. The molecule has 1 fully saturated rings.